The molecule has 0 fully saturated rings. The number of carbonyl (C=O) groups excluding carboxylic acids is 1. The zero-order valence-electron chi connectivity index (χ0n) is 17.4. The van der Waals surface area contributed by atoms with Crippen LogP contribution in [0.1, 0.15) is 43.1 Å². The van der Waals surface area contributed by atoms with Gasteiger partial charge in [0.1, 0.15) is 0 Å². The fraction of sp³-hybridized carbons (Fsp3) is 0.348. The number of nitrogens with zero attached hydrogens (tertiary/aromatic N) is 2. The van der Waals surface area contributed by atoms with E-state index in [-0.39, 0.29) is 11.5 Å². The van der Waals surface area contributed by atoms with Gasteiger partial charge in [0.25, 0.3) is 11.5 Å². The summed E-state index contributed by atoms with van der Waals surface area (Å²) in [5.74, 6) is 0.740. The third kappa shape index (κ3) is 5.24. The molecule has 3 rings (SSSR count). The molecule has 3 aromatic rings. The van der Waals surface area contributed by atoms with Gasteiger partial charge in [-0.2, -0.15) is 0 Å². The highest BCUT2D eigenvalue weighted by molar-refractivity contribution is 7.98. The van der Waals surface area contributed by atoms with Gasteiger partial charge in [0.15, 0.2) is 5.16 Å². The number of halogens is 1. The number of aromatic nitrogens is 2. The van der Waals surface area contributed by atoms with Crippen molar-refractivity contribution in [3.05, 3.63) is 69.0 Å². The first-order chi connectivity index (χ1) is 14.4. The van der Waals surface area contributed by atoms with Crippen LogP contribution in [0, 0.1) is 5.92 Å². The number of fused-ring (bicyclic) bond motifs is 1. The number of carbonyl (C=O) groups is 1. The monoisotopic (exact) mass is 443 g/mol. The third-order valence-electron chi connectivity index (χ3n) is 4.58. The van der Waals surface area contributed by atoms with Gasteiger partial charge in [0.2, 0.25) is 0 Å². The maximum atomic E-state index is 13.2. The Morgan fingerprint density at radius 2 is 2.00 bits per heavy atom. The third-order valence-corrected chi connectivity index (χ3v) is 5.97. The molecule has 158 valence electrons. The Labute approximate surface area is 185 Å². The average molecular weight is 444 g/mol. The summed E-state index contributed by atoms with van der Waals surface area (Å²) in [5.41, 5.74) is 1.94. The standard InChI is InChI=1S/C23H26ClN3O2S/c1-4-11-25-21(28)16-9-10-18-20(12-16)26-23(27(22(18)29)13-15(2)3)30-14-17-7-5-6-8-19(17)24/h5-10,12,15H,4,11,13-14H2,1-3H3,(H,25,28). The van der Waals surface area contributed by atoms with Crippen molar-refractivity contribution >= 4 is 40.2 Å². The lowest BCUT2D eigenvalue weighted by Gasteiger charge is -2.15. The summed E-state index contributed by atoms with van der Waals surface area (Å²) in [6.45, 7) is 7.33. The van der Waals surface area contributed by atoms with Gasteiger partial charge in [-0.3, -0.25) is 14.2 Å². The summed E-state index contributed by atoms with van der Waals surface area (Å²) in [5, 5.41) is 4.71. The van der Waals surface area contributed by atoms with E-state index < -0.39 is 0 Å². The fourth-order valence-corrected chi connectivity index (χ4v) is 4.37. The van der Waals surface area contributed by atoms with Crippen LogP contribution in [0.15, 0.2) is 52.4 Å². The number of hydrogen-bond acceptors (Lipinski definition) is 4. The maximum Gasteiger partial charge on any atom is 0.262 e. The molecule has 0 atom stereocenters. The Bertz CT molecular complexity index is 1110. The minimum Gasteiger partial charge on any atom is -0.352 e. The van der Waals surface area contributed by atoms with Gasteiger partial charge in [-0.15, -0.1) is 0 Å². The number of thioether (sulfide) groups is 1. The molecule has 30 heavy (non-hydrogen) atoms. The van der Waals surface area contributed by atoms with Crippen molar-refractivity contribution in [1.82, 2.24) is 14.9 Å². The molecule has 0 radical (unpaired) electrons. The summed E-state index contributed by atoms with van der Waals surface area (Å²) in [4.78, 5) is 30.3. The summed E-state index contributed by atoms with van der Waals surface area (Å²) in [7, 11) is 0. The van der Waals surface area contributed by atoms with Crippen molar-refractivity contribution in [3.8, 4) is 0 Å². The molecule has 1 amide bonds. The van der Waals surface area contributed by atoms with Crippen LogP contribution in [0.2, 0.25) is 5.02 Å². The van der Waals surface area contributed by atoms with Crippen LogP contribution in [0.25, 0.3) is 10.9 Å². The molecular weight excluding hydrogens is 418 g/mol. The van der Waals surface area contributed by atoms with Crippen LogP contribution < -0.4 is 10.9 Å². The molecule has 1 N–H and O–H groups in total. The van der Waals surface area contributed by atoms with Crippen LogP contribution in [0.4, 0.5) is 0 Å². The predicted molar refractivity (Wildman–Crippen MR) is 124 cm³/mol. The summed E-state index contributed by atoms with van der Waals surface area (Å²) >= 11 is 7.77. The molecule has 5 nitrogen and oxygen atoms in total. The Morgan fingerprint density at radius 3 is 2.70 bits per heavy atom. The van der Waals surface area contributed by atoms with Crippen molar-refractivity contribution in [2.75, 3.05) is 6.54 Å². The molecule has 0 aliphatic heterocycles. The molecule has 0 spiro atoms. The Morgan fingerprint density at radius 1 is 1.23 bits per heavy atom. The molecular formula is C23H26ClN3O2S. The maximum absolute atomic E-state index is 13.2. The van der Waals surface area contributed by atoms with Crippen molar-refractivity contribution in [2.24, 2.45) is 5.92 Å². The van der Waals surface area contributed by atoms with Gasteiger partial charge in [-0.25, -0.2) is 4.98 Å². The highest BCUT2D eigenvalue weighted by Gasteiger charge is 2.15. The first-order valence-corrected chi connectivity index (χ1v) is 11.5. The van der Waals surface area contributed by atoms with Gasteiger partial charge in [-0.05, 0) is 42.2 Å². The zero-order chi connectivity index (χ0) is 21.7. The van der Waals surface area contributed by atoms with E-state index in [2.05, 4.69) is 19.2 Å². The first kappa shape index (κ1) is 22.4. The predicted octanol–water partition coefficient (Wildman–Crippen LogP) is 5.14. The Hall–Kier alpha value is -2.31. The van der Waals surface area contributed by atoms with E-state index >= 15 is 0 Å². The van der Waals surface area contributed by atoms with Crippen LogP contribution in [0.5, 0.6) is 0 Å². The van der Waals surface area contributed by atoms with Gasteiger partial charge in [-0.1, -0.05) is 62.3 Å². The fourth-order valence-electron chi connectivity index (χ4n) is 3.08. The van der Waals surface area contributed by atoms with E-state index in [1.54, 1.807) is 22.8 Å². The SMILES string of the molecule is CCCNC(=O)c1ccc2c(=O)n(CC(C)C)c(SCc3ccccc3Cl)nc2c1. The lowest BCUT2D eigenvalue weighted by molar-refractivity contribution is 0.0954. The molecule has 0 saturated carbocycles. The Balaban J connectivity index is 2.02. The Kier molecular flexibility index (Phi) is 7.56. The summed E-state index contributed by atoms with van der Waals surface area (Å²) < 4.78 is 1.73. The molecule has 0 aliphatic rings. The second-order valence-corrected chi connectivity index (χ2v) is 8.92. The largest absolute Gasteiger partial charge is 0.352 e. The molecule has 1 heterocycles. The van der Waals surface area contributed by atoms with E-state index in [4.69, 9.17) is 16.6 Å². The summed E-state index contributed by atoms with van der Waals surface area (Å²) in [6.07, 6.45) is 0.861. The normalized spacial score (nSPS) is 11.2. The van der Waals surface area contributed by atoms with Gasteiger partial charge >= 0.3 is 0 Å². The average Bonchev–Trinajstić information content (AvgIpc) is 2.73. The topological polar surface area (TPSA) is 64.0 Å². The number of benzene rings is 2. The quantitative estimate of drug-likeness (QED) is 0.387. The van der Waals surface area contributed by atoms with Crippen molar-refractivity contribution < 1.29 is 4.79 Å². The van der Waals surface area contributed by atoms with E-state index in [1.807, 2.05) is 31.2 Å². The lowest BCUT2D eigenvalue weighted by atomic mass is 10.1. The number of amides is 1. The summed E-state index contributed by atoms with van der Waals surface area (Å²) in [6, 6.07) is 12.7. The van der Waals surface area contributed by atoms with E-state index in [1.165, 1.54) is 11.8 Å². The van der Waals surface area contributed by atoms with Crippen LogP contribution in [-0.4, -0.2) is 22.0 Å². The lowest BCUT2D eigenvalue weighted by Crippen LogP contribution is -2.26. The van der Waals surface area contributed by atoms with E-state index in [0.717, 1.165) is 12.0 Å². The van der Waals surface area contributed by atoms with Crippen molar-refractivity contribution in [2.45, 2.75) is 44.6 Å². The van der Waals surface area contributed by atoms with E-state index in [0.29, 0.717) is 51.4 Å². The first-order valence-electron chi connectivity index (χ1n) is 10.1. The molecule has 0 aliphatic carbocycles. The number of hydrogen-bond donors (Lipinski definition) is 1. The molecule has 1 aromatic heterocycles. The van der Waals surface area contributed by atoms with Crippen molar-refractivity contribution in [1.29, 1.82) is 0 Å². The number of nitrogens with one attached hydrogen (secondary N) is 1. The molecule has 0 unspecified atom stereocenters. The highest BCUT2D eigenvalue weighted by Crippen LogP contribution is 2.26. The molecule has 2 aromatic carbocycles. The van der Waals surface area contributed by atoms with Crippen LogP contribution in [0.3, 0.4) is 0 Å². The van der Waals surface area contributed by atoms with Gasteiger partial charge in [0.05, 0.1) is 10.9 Å². The molecule has 0 bridgehead atoms. The minimum atomic E-state index is -0.155. The smallest absolute Gasteiger partial charge is 0.262 e. The van der Waals surface area contributed by atoms with Gasteiger partial charge < -0.3 is 5.32 Å². The highest BCUT2D eigenvalue weighted by atomic mass is 35.5. The van der Waals surface area contributed by atoms with Crippen LogP contribution in [-0.2, 0) is 12.3 Å². The molecule has 7 heteroatoms. The molecule has 0 saturated heterocycles. The second kappa shape index (κ2) is 10.1. The van der Waals surface area contributed by atoms with Gasteiger partial charge in [0, 0.05) is 29.4 Å². The van der Waals surface area contributed by atoms with Crippen molar-refractivity contribution in [3.63, 3.8) is 0 Å². The van der Waals surface area contributed by atoms with Crippen LogP contribution >= 0.6 is 23.4 Å². The second-order valence-electron chi connectivity index (χ2n) is 7.57. The van der Waals surface area contributed by atoms with E-state index in [9.17, 15) is 9.59 Å². The number of rotatable bonds is 8. The zero-order valence-corrected chi connectivity index (χ0v) is 19.0. The minimum absolute atomic E-state index is 0.0872.